The van der Waals surface area contributed by atoms with Crippen LogP contribution in [0.5, 0.6) is 0 Å². The molecule has 0 saturated heterocycles. The Morgan fingerprint density at radius 3 is 2.35 bits per heavy atom. The zero-order chi connectivity index (χ0) is 21.6. The van der Waals surface area contributed by atoms with Crippen LogP contribution in [0.2, 0.25) is 0 Å². The van der Waals surface area contributed by atoms with Crippen molar-refractivity contribution in [2.75, 3.05) is 6.61 Å². The van der Waals surface area contributed by atoms with Crippen LogP contribution < -0.4 is 5.32 Å². The van der Waals surface area contributed by atoms with Crippen LogP contribution >= 0.6 is 0 Å². The minimum Gasteiger partial charge on any atom is -0.394 e. The van der Waals surface area contributed by atoms with E-state index < -0.39 is 6.04 Å². The second-order valence-corrected chi connectivity index (χ2v) is 7.54. The number of hydrogen-bond donors (Lipinski definition) is 2. The molecule has 0 aliphatic rings. The Morgan fingerprint density at radius 1 is 0.935 bits per heavy atom. The monoisotopic (exact) mass is 411 g/mol. The molecule has 4 aromatic rings. The highest BCUT2D eigenvalue weighted by atomic mass is 16.3. The molecule has 1 atom stereocenters. The zero-order valence-electron chi connectivity index (χ0n) is 17.5. The molecule has 0 radical (unpaired) electrons. The highest BCUT2D eigenvalue weighted by molar-refractivity contribution is 5.86. The van der Waals surface area contributed by atoms with E-state index in [-0.39, 0.29) is 18.9 Å². The molecule has 0 spiro atoms. The fourth-order valence-corrected chi connectivity index (χ4v) is 3.76. The van der Waals surface area contributed by atoms with Gasteiger partial charge in [0.15, 0.2) is 5.82 Å². The lowest BCUT2D eigenvalue weighted by Gasteiger charge is -2.17. The van der Waals surface area contributed by atoms with Crippen molar-refractivity contribution in [3.05, 3.63) is 95.7 Å². The molecular formula is C26H25N3O2. The topological polar surface area (TPSA) is 75.1 Å². The van der Waals surface area contributed by atoms with Gasteiger partial charge in [-0.1, -0.05) is 72.8 Å². The van der Waals surface area contributed by atoms with Gasteiger partial charge in [-0.05, 0) is 30.5 Å². The predicted octanol–water partition coefficient (Wildman–Crippen LogP) is 4.39. The standard InChI is InChI=1S/C26H25N3O2/c1-18-9-8-14-21-25(18)22(29-26(28-21)20-12-6-3-7-13-20)15-16-24(31)27-23(17-30)19-10-4-2-5-11-19/h2-14,23,30H,15-17H2,1H3,(H,27,31). The normalized spacial score (nSPS) is 11.9. The lowest BCUT2D eigenvalue weighted by molar-refractivity contribution is -0.122. The van der Waals surface area contributed by atoms with Gasteiger partial charge in [-0.3, -0.25) is 4.79 Å². The van der Waals surface area contributed by atoms with Gasteiger partial charge < -0.3 is 10.4 Å². The van der Waals surface area contributed by atoms with Crippen LogP contribution in [0.1, 0.15) is 29.3 Å². The van der Waals surface area contributed by atoms with E-state index in [1.807, 2.05) is 85.8 Å². The summed E-state index contributed by atoms with van der Waals surface area (Å²) in [5, 5.41) is 13.6. The lowest BCUT2D eigenvalue weighted by Crippen LogP contribution is -2.31. The molecule has 156 valence electrons. The van der Waals surface area contributed by atoms with E-state index in [0.717, 1.165) is 33.3 Å². The molecule has 4 rings (SSSR count). The smallest absolute Gasteiger partial charge is 0.220 e. The molecule has 5 nitrogen and oxygen atoms in total. The SMILES string of the molecule is Cc1cccc2nc(-c3ccccc3)nc(CCC(=O)NC(CO)c3ccccc3)c12. The quantitative estimate of drug-likeness (QED) is 0.473. The van der Waals surface area contributed by atoms with E-state index in [2.05, 4.69) is 5.32 Å². The highest BCUT2D eigenvalue weighted by Gasteiger charge is 2.16. The van der Waals surface area contributed by atoms with Crippen molar-refractivity contribution >= 4 is 16.8 Å². The van der Waals surface area contributed by atoms with Gasteiger partial charge in [0.1, 0.15) is 0 Å². The lowest BCUT2D eigenvalue weighted by atomic mass is 10.0. The van der Waals surface area contributed by atoms with E-state index in [0.29, 0.717) is 12.2 Å². The highest BCUT2D eigenvalue weighted by Crippen LogP contribution is 2.25. The first-order chi connectivity index (χ1) is 15.2. The van der Waals surface area contributed by atoms with Gasteiger partial charge >= 0.3 is 0 Å². The van der Waals surface area contributed by atoms with Crippen LogP contribution in [0.3, 0.4) is 0 Å². The van der Waals surface area contributed by atoms with Crippen molar-refractivity contribution < 1.29 is 9.90 Å². The number of carbonyl (C=O) groups is 1. The van der Waals surface area contributed by atoms with Gasteiger partial charge in [0.25, 0.3) is 0 Å². The summed E-state index contributed by atoms with van der Waals surface area (Å²) in [6, 6.07) is 24.9. The number of aromatic nitrogens is 2. The molecule has 0 saturated carbocycles. The van der Waals surface area contributed by atoms with Crippen LogP contribution in [-0.2, 0) is 11.2 Å². The van der Waals surface area contributed by atoms with Crippen LogP contribution in [0, 0.1) is 6.92 Å². The average Bonchev–Trinajstić information content (AvgIpc) is 2.82. The predicted molar refractivity (Wildman–Crippen MR) is 122 cm³/mol. The van der Waals surface area contributed by atoms with Crippen molar-refractivity contribution in [2.45, 2.75) is 25.8 Å². The van der Waals surface area contributed by atoms with Crippen molar-refractivity contribution in [3.8, 4) is 11.4 Å². The first-order valence-corrected chi connectivity index (χ1v) is 10.4. The van der Waals surface area contributed by atoms with Crippen molar-refractivity contribution in [1.82, 2.24) is 15.3 Å². The maximum Gasteiger partial charge on any atom is 0.220 e. The number of nitrogens with one attached hydrogen (secondary N) is 1. The molecule has 0 bridgehead atoms. The van der Waals surface area contributed by atoms with Crippen LogP contribution in [-0.4, -0.2) is 27.6 Å². The third-order valence-corrected chi connectivity index (χ3v) is 5.35. The Kier molecular flexibility index (Phi) is 6.34. The number of fused-ring (bicyclic) bond motifs is 1. The van der Waals surface area contributed by atoms with E-state index in [4.69, 9.17) is 9.97 Å². The molecule has 1 amide bonds. The summed E-state index contributed by atoms with van der Waals surface area (Å²) in [6.45, 7) is 1.89. The van der Waals surface area contributed by atoms with Gasteiger partial charge in [0.2, 0.25) is 5.91 Å². The first kappa shape index (κ1) is 20.7. The molecule has 3 aromatic carbocycles. The van der Waals surface area contributed by atoms with Crippen LogP contribution in [0.25, 0.3) is 22.3 Å². The Bertz CT molecular complexity index is 1180. The van der Waals surface area contributed by atoms with Crippen molar-refractivity contribution in [1.29, 1.82) is 0 Å². The Morgan fingerprint density at radius 2 is 1.65 bits per heavy atom. The summed E-state index contributed by atoms with van der Waals surface area (Å²) in [6.07, 6.45) is 0.764. The van der Waals surface area contributed by atoms with E-state index in [9.17, 15) is 9.90 Å². The molecule has 0 fully saturated rings. The van der Waals surface area contributed by atoms with Gasteiger partial charge in [-0.25, -0.2) is 9.97 Å². The summed E-state index contributed by atoms with van der Waals surface area (Å²) < 4.78 is 0. The van der Waals surface area contributed by atoms with Crippen LogP contribution in [0.4, 0.5) is 0 Å². The largest absolute Gasteiger partial charge is 0.394 e. The van der Waals surface area contributed by atoms with E-state index >= 15 is 0 Å². The summed E-state index contributed by atoms with van der Waals surface area (Å²) in [5.41, 5.74) is 4.65. The molecule has 0 aliphatic heterocycles. The maximum atomic E-state index is 12.7. The van der Waals surface area contributed by atoms with Crippen molar-refractivity contribution in [3.63, 3.8) is 0 Å². The van der Waals surface area contributed by atoms with Gasteiger partial charge in [-0.15, -0.1) is 0 Å². The number of rotatable bonds is 7. The Labute approximate surface area is 181 Å². The van der Waals surface area contributed by atoms with Crippen LogP contribution in [0.15, 0.2) is 78.9 Å². The first-order valence-electron chi connectivity index (χ1n) is 10.4. The molecule has 31 heavy (non-hydrogen) atoms. The number of hydrogen-bond acceptors (Lipinski definition) is 4. The molecule has 1 aromatic heterocycles. The number of aryl methyl sites for hydroxylation is 2. The molecule has 2 N–H and O–H groups in total. The molecule has 5 heteroatoms. The summed E-state index contributed by atoms with van der Waals surface area (Å²) in [7, 11) is 0. The minimum atomic E-state index is -0.419. The third kappa shape index (κ3) is 4.78. The summed E-state index contributed by atoms with van der Waals surface area (Å²) in [5.74, 6) is 0.538. The second kappa shape index (κ2) is 9.49. The maximum absolute atomic E-state index is 12.7. The number of benzene rings is 3. The minimum absolute atomic E-state index is 0.121. The van der Waals surface area contributed by atoms with Gasteiger partial charge in [0.05, 0.1) is 23.9 Å². The average molecular weight is 412 g/mol. The zero-order valence-corrected chi connectivity index (χ0v) is 17.5. The van der Waals surface area contributed by atoms with E-state index in [1.165, 1.54) is 0 Å². The fourth-order valence-electron chi connectivity index (χ4n) is 3.76. The molecule has 1 unspecified atom stereocenters. The third-order valence-electron chi connectivity index (χ3n) is 5.35. The number of aliphatic hydroxyl groups is 1. The number of amides is 1. The molecule has 0 aliphatic carbocycles. The fraction of sp³-hybridized carbons (Fsp3) is 0.192. The number of nitrogens with zero attached hydrogens (tertiary/aromatic N) is 2. The summed E-state index contributed by atoms with van der Waals surface area (Å²) in [4.78, 5) is 22.2. The van der Waals surface area contributed by atoms with E-state index in [1.54, 1.807) is 0 Å². The second-order valence-electron chi connectivity index (χ2n) is 7.54. The molecular weight excluding hydrogens is 386 g/mol. The molecule has 1 heterocycles. The van der Waals surface area contributed by atoms with Crippen molar-refractivity contribution in [2.24, 2.45) is 0 Å². The van der Waals surface area contributed by atoms with Gasteiger partial charge in [-0.2, -0.15) is 0 Å². The number of carbonyl (C=O) groups excluding carboxylic acids is 1. The Balaban J connectivity index is 1.58. The van der Waals surface area contributed by atoms with Gasteiger partial charge in [0, 0.05) is 17.4 Å². The summed E-state index contributed by atoms with van der Waals surface area (Å²) >= 11 is 0. The Hall–Kier alpha value is -3.57. The number of aliphatic hydroxyl groups excluding tert-OH is 1.